The number of aryl methyl sites for hydroxylation is 1. The number of hydrogen-bond donors (Lipinski definition) is 1. The van der Waals surface area contributed by atoms with E-state index < -0.39 is 0 Å². The second kappa shape index (κ2) is 6.04. The molecule has 0 aliphatic carbocycles. The molecule has 6 nitrogen and oxygen atoms in total. The second-order valence-corrected chi connectivity index (χ2v) is 6.05. The smallest absolute Gasteiger partial charge is 0.159 e. The van der Waals surface area contributed by atoms with Crippen LogP contribution in [0.4, 0.5) is 5.82 Å². The third-order valence-corrected chi connectivity index (χ3v) is 4.27. The highest BCUT2D eigenvalue weighted by molar-refractivity contribution is 6.31. The quantitative estimate of drug-likeness (QED) is 0.611. The number of nitrogens with zero attached hydrogens (tertiary/aromatic N) is 5. The Balaban J connectivity index is 1.67. The fourth-order valence-corrected chi connectivity index (χ4v) is 2.95. The molecule has 0 atom stereocenters. The van der Waals surface area contributed by atoms with Crippen LogP contribution in [0.5, 0.6) is 0 Å². The van der Waals surface area contributed by atoms with Gasteiger partial charge in [-0.3, -0.25) is 0 Å². The van der Waals surface area contributed by atoms with Gasteiger partial charge in [-0.25, -0.2) is 15.0 Å². The third kappa shape index (κ3) is 2.75. The minimum Gasteiger partial charge on any atom is -0.363 e. The number of rotatable bonds is 3. The van der Waals surface area contributed by atoms with Gasteiger partial charge in [0.05, 0.1) is 23.7 Å². The molecule has 0 radical (unpaired) electrons. The topological polar surface area (TPSA) is 79.4 Å². The Labute approximate surface area is 148 Å². The predicted molar refractivity (Wildman–Crippen MR) is 97.3 cm³/mol. The molecule has 1 aromatic carbocycles. The lowest BCUT2D eigenvalue weighted by Crippen LogP contribution is -2.07. The zero-order chi connectivity index (χ0) is 17.4. The molecule has 3 aromatic heterocycles. The van der Waals surface area contributed by atoms with Gasteiger partial charge in [-0.2, -0.15) is 5.26 Å². The molecule has 122 valence electrons. The van der Waals surface area contributed by atoms with Crippen molar-refractivity contribution in [2.24, 2.45) is 7.05 Å². The van der Waals surface area contributed by atoms with E-state index in [4.69, 9.17) is 11.6 Å². The first-order valence-electron chi connectivity index (χ1n) is 7.66. The molecule has 3 heterocycles. The van der Waals surface area contributed by atoms with Crippen molar-refractivity contribution in [2.45, 2.75) is 6.54 Å². The van der Waals surface area contributed by atoms with Crippen molar-refractivity contribution < 1.29 is 0 Å². The van der Waals surface area contributed by atoms with Crippen molar-refractivity contribution in [1.29, 1.82) is 5.26 Å². The number of nitrogens with one attached hydrogen (secondary N) is 1. The Morgan fingerprint density at radius 2 is 2.08 bits per heavy atom. The van der Waals surface area contributed by atoms with Crippen LogP contribution in [-0.4, -0.2) is 19.5 Å². The summed E-state index contributed by atoms with van der Waals surface area (Å²) >= 11 is 6.01. The molecule has 4 rings (SSSR count). The van der Waals surface area contributed by atoms with Gasteiger partial charge in [0.1, 0.15) is 17.2 Å². The van der Waals surface area contributed by atoms with Gasteiger partial charge in [0.25, 0.3) is 0 Å². The van der Waals surface area contributed by atoms with E-state index in [-0.39, 0.29) is 0 Å². The molecule has 0 aliphatic heterocycles. The zero-order valence-electron chi connectivity index (χ0n) is 13.4. The van der Waals surface area contributed by atoms with Gasteiger partial charge in [-0.15, -0.1) is 0 Å². The summed E-state index contributed by atoms with van der Waals surface area (Å²) in [7, 11) is 1.93. The number of halogens is 1. The molecular formula is C18H13ClN6. The first-order valence-corrected chi connectivity index (χ1v) is 8.04. The first kappa shape index (κ1) is 15.4. The maximum atomic E-state index is 9.40. The second-order valence-electron chi connectivity index (χ2n) is 5.62. The van der Waals surface area contributed by atoms with Crippen LogP contribution in [-0.2, 0) is 13.6 Å². The highest BCUT2D eigenvalue weighted by Gasteiger charge is 2.10. The maximum absolute atomic E-state index is 9.40. The Morgan fingerprint density at radius 3 is 2.88 bits per heavy atom. The predicted octanol–water partition coefficient (Wildman–Crippen LogP) is 3.65. The van der Waals surface area contributed by atoms with E-state index in [0.717, 1.165) is 27.9 Å². The standard InChI is InChI=1S/C18H13ClN6/c1-25-17(24-15-3-2-6-21-18(15)25)10-22-16-7-11(9-20)13-8-12(19)4-5-14(13)23-16/h2-8H,10H2,1H3,(H,22,23). The fraction of sp³-hybridized carbons (Fsp3) is 0.111. The maximum Gasteiger partial charge on any atom is 0.159 e. The van der Waals surface area contributed by atoms with E-state index in [0.29, 0.717) is 22.9 Å². The van der Waals surface area contributed by atoms with Crippen molar-refractivity contribution in [2.75, 3.05) is 5.32 Å². The summed E-state index contributed by atoms with van der Waals surface area (Å²) in [5.41, 5.74) is 2.93. The van der Waals surface area contributed by atoms with E-state index in [2.05, 4.69) is 26.3 Å². The van der Waals surface area contributed by atoms with Gasteiger partial charge in [-0.05, 0) is 36.4 Å². The summed E-state index contributed by atoms with van der Waals surface area (Å²) in [5, 5.41) is 14.0. The lowest BCUT2D eigenvalue weighted by atomic mass is 10.1. The lowest BCUT2D eigenvalue weighted by Gasteiger charge is -2.08. The molecule has 0 saturated heterocycles. The minimum atomic E-state index is 0.476. The number of aromatic nitrogens is 4. The van der Waals surface area contributed by atoms with Crippen LogP contribution >= 0.6 is 11.6 Å². The molecule has 0 aliphatic rings. The van der Waals surface area contributed by atoms with E-state index in [1.54, 1.807) is 24.4 Å². The molecule has 7 heteroatoms. The Kier molecular flexibility index (Phi) is 3.71. The van der Waals surface area contributed by atoms with Crippen LogP contribution in [0, 0.1) is 11.3 Å². The highest BCUT2D eigenvalue weighted by Crippen LogP contribution is 2.24. The molecule has 25 heavy (non-hydrogen) atoms. The molecular weight excluding hydrogens is 336 g/mol. The molecule has 0 spiro atoms. The van der Waals surface area contributed by atoms with Gasteiger partial charge in [0.2, 0.25) is 0 Å². The zero-order valence-corrected chi connectivity index (χ0v) is 14.1. The van der Waals surface area contributed by atoms with Crippen molar-refractivity contribution >= 4 is 39.5 Å². The summed E-state index contributed by atoms with van der Waals surface area (Å²) in [6.45, 7) is 0.476. The van der Waals surface area contributed by atoms with E-state index in [1.165, 1.54) is 0 Å². The van der Waals surface area contributed by atoms with Crippen molar-refractivity contribution in [3.05, 3.63) is 59.0 Å². The molecule has 0 bridgehead atoms. The van der Waals surface area contributed by atoms with Gasteiger partial charge in [-0.1, -0.05) is 11.6 Å². The van der Waals surface area contributed by atoms with Crippen LogP contribution in [0.2, 0.25) is 5.02 Å². The van der Waals surface area contributed by atoms with Crippen LogP contribution in [0.25, 0.3) is 22.1 Å². The number of pyridine rings is 2. The van der Waals surface area contributed by atoms with Gasteiger partial charge >= 0.3 is 0 Å². The summed E-state index contributed by atoms with van der Waals surface area (Å²) in [4.78, 5) is 13.5. The number of fused-ring (bicyclic) bond motifs is 2. The number of benzene rings is 1. The van der Waals surface area contributed by atoms with Gasteiger partial charge in [0.15, 0.2) is 5.65 Å². The Bertz CT molecular complexity index is 1140. The van der Waals surface area contributed by atoms with Crippen LogP contribution in [0.3, 0.4) is 0 Å². The average molecular weight is 349 g/mol. The van der Waals surface area contributed by atoms with E-state index in [1.807, 2.05) is 29.8 Å². The largest absolute Gasteiger partial charge is 0.363 e. The fourth-order valence-electron chi connectivity index (χ4n) is 2.78. The summed E-state index contributed by atoms with van der Waals surface area (Å²) < 4.78 is 1.94. The van der Waals surface area contributed by atoms with E-state index >= 15 is 0 Å². The molecule has 4 aromatic rings. The van der Waals surface area contributed by atoms with Crippen LogP contribution in [0.15, 0.2) is 42.6 Å². The number of nitriles is 1. The van der Waals surface area contributed by atoms with Crippen molar-refractivity contribution in [3.8, 4) is 6.07 Å². The van der Waals surface area contributed by atoms with Gasteiger partial charge in [0, 0.05) is 23.7 Å². The normalized spacial score (nSPS) is 10.9. The average Bonchev–Trinajstić information content (AvgIpc) is 2.95. The minimum absolute atomic E-state index is 0.476. The molecule has 1 N–H and O–H groups in total. The molecule has 0 saturated carbocycles. The Morgan fingerprint density at radius 1 is 1.20 bits per heavy atom. The summed E-state index contributed by atoms with van der Waals surface area (Å²) in [6, 6.07) is 13.0. The van der Waals surface area contributed by atoms with Crippen molar-refractivity contribution in [3.63, 3.8) is 0 Å². The SMILES string of the molecule is Cn1c(CNc2cc(C#N)c3cc(Cl)ccc3n2)nc2cccnc21. The first-order chi connectivity index (χ1) is 12.2. The number of anilines is 1. The molecule has 0 fully saturated rings. The summed E-state index contributed by atoms with van der Waals surface area (Å²) in [5.74, 6) is 1.46. The summed E-state index contributed by atoms with van der Waals surface area (Å²) in [6.07, 6.45) is 1.75. The molecule has 0 unspecified atom stereocenters. The highest BCUT2D eigenvalue weighted by atomic mass is 35.5. The van der Waals surface area contributed by atoms with E-state index in [9.17, 15) is 5.26 Å². The van der Waals surface area contributed by atoms with Crippen LogP contribution in [0.1, 0.15) is 11.4 Å². The third-order valence-electron chi connectivity index (χ3n) is 4.04. The molecule has 0 amide bonds. The monoisotopic (exact) mass is 348 g/mol. The lowest BCUT2D eigenvalue weighted by molar-refractivity contribution is 0.824. The van der Waals surface area contributed by atoms with Gasteiger partial charge < -0.3 is 9.88 Å². The number of hydrogen-bond acceptors (Lipinski definition) is 5. The van der Waals surface area contributed by atoms with Crippen molar-refractivity contribution in [1.82, 2.24) is 19.5 Å². The Hall–Kier alpha value is -3.17. The number of imidazole rings is 1. The van der Waals surface area contributed by atoms with Crippen LogP contribution < -0.4 is 5.32 Å².